The summed E-state index contributed by atoms with van der Waals surface area (Å²) in [7, 11) is 5.92. The molecule has 0 heterocycles. The van der Waals surface area contributed by atoms with Crippen LogP contribution < -0.4 is 0 Å². The highest BCUT2D eigenvalue weighted by Crippen LogP contribution is 2.19. The third-order valence-electron chi connectivity index (χ3n) is 2.80. The second kappa shape index (κ2) is 7.31. The van der Waals surface area contributed by atoms with Gasteiger partial charge in [-0.1, -0.05) is 56.4 Å². The van der Waals surface area contributed by atoms with Crippen molar-refractivity contribution in [1.82, 2.24) is 0 Å². The van der Waals surface area contributed by atoms with Crippen molar-refractivity contribution in [3.05, 3.63) is 35.9 Å². The molecule has 0 saturated heterocycles. The first-order chi connectivity index (χ1) is 8.08. The van der Waals surface area contributed by atoms with Gasteiger partial charge in [-0.15, -0.1) is 0 Å². The Kier molecular flexibility index (Phi) is 6.03. The standard InChI is InChI=1S/C15H21BO/c1-12(2)10-14(16)11-15(17)9-8-13-6-4-3-5-7-13/h3-7,12,14H,8-11H2,1-2H3/t14-/m0/s1. The quantitative estimate of drug-likeness (QED) is 0.652. The van der Waals surface area contributed by atoms with Crippen molar-refractivity contribution in [3.63, 3.8) is 0 Å². The number of ketones is 1. The van der Waals surface area contributed by atoms with Crippen LogP contribution in [0, 0.1) is 5.92 Å². The number of hydrogen-bond acceptors (Lipinski definition) is 1. The fourth-order valence-electron chi connectivity index (χ4n) is 2.01. The summed E-state index contributed by atoms with van der Waals surface area (Å²) in [5, 5.41) is 0. The fourth-order valence-corrected chi connectivity index (χ4v) is 2.01. The molecule has 0 saturated carbocycles. The molecule has 1 atom stereocenters. The van der Waals surface area contributed by atoms with E-state index >= 15 is 0 Å². The molecular formula is C15H21BO. The van der Waals surface area contributed by atoms with Crippen molar-refractivity contribution in [1.29, 1.82) is 0 Å². The Morgan fingerprint density at radius 1 is 1.24 bits per heavy atom. The minimum absolute atomic E-state index is 0.0262. The van der Waals surface area contributed by atoms with Crippen LogP contribution in [0.5, 0.6) is 0 Å². The van der Waals surface area contributed by atoms with Crippen LogP contribution in [-0.4, -0.2) is 13.6 Å². The molecule has 0 unspecified atom stereocenters. The molecule has 0 aliphatic rings. The molecule has 17 heavy (non-hydrogen) atoms. The topological polar surface area (TPSA) is 17.1 Å². The average molecular weight is 228 g/mol. The third-order valence-corrected chi connectivity index (χ3v) is 2.80. The molecule has 0 aliphatic carbocycles. The van der Waals surface area contributed by atoms with E-state index in [1.807, 2.05) is 18.2 Å². The SMILES string of the molecule is [B][C@H](CC(=O)CCc1ccccc1)CC(C)C. The van der Waals surface area contributed by atoms with Gasteiger partial charge in [0.05, 0.1) is 7.85 Å². The smallest absolute Gasteiger partial charge is 0.132 e. The van der Waals surface area contributed by atoms with Crippen molar-refractivity contribution < 1.29 is 4.79 Å². The zero-order valence-corrected chi connectivity index (χ0v) is 10.9. The molecule has 0 N–H and O–H groups in total. The number of aryl methyl sites for hydroxylation is 1. The molecular weight excluding hydrogens is 207 g/mol. The molecule has 1 aromatic rings. The molecule has 1 nitrogen and oxygen atoms in total. The van der Waals surface area contributed by atoms with Crippen molar-refractivity contribution in [3.8, 4) is 0 Å². The Balaban J connectivity index is 2.26. The van der Waals surface area contributed by atoms with Crippen molar-refractivity contribution in [2.24, 2.45) is 5.92 Å². The molecule has 0 aliphatic heterocycles. The van der Waals surface area contributed by atoms with Gasteiger partial charge in [-0.3, -0.25) is 4.79 Å². The van der Waals surface area contributed by atoms with E-state index in [0.29, 0.717) is 18.8 Å². The average Bonchev–Trinajstić information content (AvgIpc) is 2.26. The van der Waals surface area contributed by atoms with E-state index < -0.39 is 0 Å². The molecule has 0 spiro atoms. The minimum Gasteiger partial charge on any atom is -0.300 e. The van der Waals surface area contributed by atoms with E-state index in [9.17, 15) is 4.79 Å². The van der Waals surface area contributed by atoms with Gasteiger partial charge >= 0.3 is 0 Å². The first-order valence-electron chi connectivity index (χ1n) is 6.39. The maximum atomic E-state index is 11.7. The summed E-state index contributed by atoms with van der Waals surface area (Å²) in [6, 6.07) is 10.1. The largest absolute Gasteiger partial charge is 0.300 e. The first kappa shape index (κ1) is 14.0. The van der Waals surface area contributed by atoms with Gasteiger partial charge in [-0.2, -0.15) is 0 Å². The molecule has 2 heteroatoms. The Hall–Kier alpha value is -1.05. The summed E-state index contributed by atoms with van der Waals surface area (Å²) in [4.78, 5) is 11.7. The van der Waals surface area contributed by atoms with Gasteiger partial charge in [0.15, 0.2) is 0 Å². The molecule has 90 valence electrons. The molecule has 0 fully saturated rings. The van der Waals surface area contributed by atoms with Crippen LogP contribution >= 0.6 is 0 Å². The zero-order valence-electron chi connectivity index (χ0n) is 10.9. The van der Waals surface area contributed by atoms with Crippen LogP contribution in [0.3, 0.4) is 0 Å². The van der Waals surface area contributed by atoms with Crippen LogP contribution in [0.15, 0.2) is 30.3 Å². The predicted octanol–water partition coefficient (Wildman–Crippen LogP) is 3.58. The minimum atomic E-state index is 0.0262. The Morgan fingerprint density at radius 3 is 2.47 bits per heavy atom. The number of Topliss-reactive ketones (excluding diaryl/α,β-unsaturated/α-hetero) is 1. The molecule has 0 bridgehead atoms. The first-order valence-corrected chi connectivity index (χ1v) is 6.39. The van der Waals surface area contributed by atoms with Crippen molar-refractivity contribution in [2.45, 2.75) is 45.3 Å². The highest BCUT2D eigenvalue weighted by molar-refractivity contribution is 6.13. The maximum Gasteiger partial charge on any atom is 0.132 e. The van der Waals surface area contributed by atoms with E-state index in [-0.39, 0.29) is 11.6 Å². The Morgan fingerprint density at radius 2 is 1.88 bits per heavy atom. The summed E-state index contributed by atoms with van der Waals surface area (Å²) in [5.41, 5.74) is 1.22. The maximum absolute atomic E-state index is 11.7. The Labute approximate surface area is 106 Å². The lowest BCUT2D eigenvalue weighted by molar-refractivity contribution is -0.119. The van der Waals surface area contributed by atoms with E-state index in [0.717, 1.165) is 12.8 Å². The summed E-state index contributed by atoms with van der Waals surface area (Å²) in [5.74, 6) is 0.868. The summed E-state index contributed by atoms with van der Waals surface area (Å²) < 4.78 is 0. The summed E-state index contributed by atoms with van der Waals surface area (Å²) in [6.07, 6.45) is 2.88. The third kappa shape index (κ3) is 6.30. The molecule has 2 radical (unpaired) electrons. The lowest BCUT2D eigenvalue weighted by atomic mass is 9.77. The molecule has 1 rings (SSSR count). The lowest BCUT2D eigenvalue weighted by Gasteiger charge is -2.13. The van der Waals surface area contributed by atoms with Crippen LogP contribution in [-0.2, 0) is 11.2 Å². The van der Waals surface area contributed by atoms with E-state index in [1.54, 1.807) is 0 Å². The summed E-state index contributed by atoms with van der Waals surface area (Å²) in [6.45, 7) is 4.27. The van der Waals surface area contributed by atoms with Gasteiger partial charge in [0.25, 0.3) is 0 Å². The highest BCUT2D eigenvalue weighted by Gasteiger charge is 2.10. The molecule has 0 aromatic heterocycles. The van der Waals surface area contributed by atoms with Gasteiger partial charge in [-0.25, -0.2) is 0 Å². The van der Waals surface area contributed by atoms with Gasteiger partial charge in [0.1, 0.15) is 5.78 Å². The lowest BCUT2D eigenvalue weighted by Crippen LogP contribution is -2.07. The Bertz CT molecular complexity index is 332. The monoisotopic (exact) mass is 228 g/mol. The highest BCUT2D eigenvalue weighted by atomic mass is 16.1. The van der Waals surface area contributed by atoms with Crippen molar-refractivity contribution in [2.75, 3.05) is 0 Å². The molecule has 1 aromatic carbocycles. The number of hydrogen-bond donors (Lipinski definition) is 0. The number of carbonyl (C=O) groups is 1. The summed E-state index contributed by atoms with van der Waals surface area (Å²) >= 11 is 0. The number of carbonyl (C=O) groups excluding carboxylic acids is 1. The van der Waals surface area contributed by atoms with Crippen LogP contribution in [0.1, 0.15) is 38.7 Å². The van der Waals surface area contributed by atoms with Gasteiger partial charge in [0, 0.05) is 12.8 Å². The fraction of sp³-hybridized carbons (Fsp3) is 0.533. The second-order valence-corrected chi connectivity index (χ2v) is 5.12. The normalized spacial score (nSPS) is 12.6. The van der Waals surface area contributed by atoms with E-state index in [4.69, 9.17) is 7.85 Å². The second-order valence-electron chi connectivity index (χ2n) is 5.12. The molecule has 0 amide bonds. The van der Waals surface area contributed by atoms with E-state index in [2.05, 4.69) is 26.0 Å². The van der Waals surface area contributed by atoms with Gasteiger partial charge < -0.3 is 0 Å². The van der Waals surface area contributed by atoms with Crippen LogP contribution in [0.25, 0.3) is 0 Å². The van der Waals surface area contributed by atoms with Gasteiger partial charge in [-0.05, 0) is 17.9 Å². The van der Waals surface area contributed by atoms with Crippen molar-refractivity contribution >= 4 is 13.6 Å². The predicted molar refractivity (Wildman–Crippen MR) is 73.3 cm³/mol. The van der Waals surface area contributed by atoms with E-state index in [1.165, 1.54) is 5.56 Å². The number of rotatable bonds is 7. The zero-order chi connectivity index (χ0) is 12.7. The number of benzene rings is 1. The van der Waals surface area contributed by atoms with Crippen LogP contribution in [0.2, 0.25) is 5.82 Å². The van der Waals surface area contributed by atoms with Crippen LogP contribution in [0.4, 0.5) is 0 Å². The van der Waals surface area contributed by atoms with Gasteiger partial charge in [0.2, 0.25) is 0 Å².